The lowest BCUT2D eigenvalue weighted by atomic mass is 9.85. The predicted molar refractivity (Wildman–Crippen MR) is 233 cm³/mol. The highest BCUT2D eigenvalue weighted by Crippen LogP contribution is 2.46. The molecule has 54 heavy (non-hydrogen) atoms. The number of hydrogen-bond donors (Lipinski definition) is 0. The van der Waals surface area contributed by atoms with Crippen LogP contribution in [0.5, 0.6) is 0 Å². The van der Waals surface area contributed by atoms with Gasteiger partial charge in [0.05, 0.1) is 0 Å². The van der Waals surface area contributed by atoms with Crippen LogP contribution < -0.4 is 0 Å². The Morgan fingerprint density at radius 3 is 1.61 bits per heavy atom. The van der Waals surface area contributed by atoms with Gasteiger partial charge in [-0.2, -0.15) is 0 Å². The van der Waals surface area contributed by atoms with Gasteiger partial charge in [-0.1, -0.05) is 146 Å². The molecular weight excluding hydrogens is 673 g/mol. The Bertz CT molecular complexity index is 3450. The maximum Gasteiger partial charge on any atom is 0.136 e. The van der Waals surface area contributed by atoms with Crippen LogP contribution in [-0.2, 0) is 0 Å². The van der Waals surface area contributed by atoms with Gasteiger partial charge in [0.15, 0.2) is 0 Å². The van der Waals surface area contributed by atoms with E-state index in [2.05, 4.69) is 182 Å². The minimum atomic E-state index is 0.913. The van der Waals surface area contributed by atoms with E-state index >= 15 is 0 Å². The first-order valence-corrected chi connectivity index (χ1v) is 19.3. The Labute approximate surface area is 314 Å². The molecule has 12 rings (SSSR count). The van der Waals surface area contributed by atoms with Crippen LogP contribution in [0.4, 0.5) is 0 Å². The van der Waals surface area contributed by atoms with E-state index < -0.39 is 0 Å². The molecule has 12 aromatic rings. The van der Waals surface area contributed by atoms with Crippen molar-refractivity contribution in [1.29, 1.82) is 0 Å². The van der Waals surface area contributed by atoms with Crippen molar-refractivity contribution in [1.82, 2.24) is 0 Å². The summed E-state index contributed by atoms with van der Waals surface area (Å²) in [6, 6.07) is 66.7. The highest BCUT2D eigenvalue weighted by Gasteiger charge is 2.18. The van der Waals surface area contributed by atoms with Crippen LogP contribution in [0.2, 0.25) is 0 Å². The summed E-state index contributed by atoms with van der Waals surface area (Å²) >= 11 is 1.88. The average molecular weight is 703 g/mol. The zero-order chi connectivity index (χ0) is 35.3. The SMILES string of the molecule is c1cc(-c2ccc3c(c2)oc2cc4c(cc23)sc2c3ccccc3ccc42)cc(-c2c3ccccc3c(-c3ccc4ccccc4c3)c3ccccc23)c1. The summed E-state index contributed by atoms with van der Waals surface area (Å²) in [5, 5.41) is 15.0. The fourth-order valence-corrected chi connectivity index (χ4v) is 10.2. The Kier molecular flexibility index (Phi) is 6.28. The van der Waals surface area contributed by atoms with Crippen LogP contribution in [0.25, 0.3) is 119 Å². The Morgan fingerprint density at radius 2 is 0.852 bits per heavy atom. The minimum Gasteiger partial charge on any atom is -0.456 e. The molecule has 2 aromatic heterocycles. The van der Waals surface area contributed by atoms with E-state index in [1.165, 1.54) is 91.1 Å². The van der Waals surface area contributed by atoms with Crippen molar-refractivity contribution < 1.29 is 4.42 Å². The molecular formula is C52H30OS. The van der Waals surface area contributed by atoms with Crippen LogP contribution in [0.3, 0.4) is 0 Å². The molecule has 0 saturated heterocycles. The van der Waals surface area contributed by atoms with Crippen molar-refractivity contribution in [3.8, 4) is 33.4 Å². The highest BCUT2D eigenvalue weighted by molar-refractivity contribution is 7.26. The summed E-state index contributed by atoms with van der Waals surface area (Å²) in [6.07, 6.45) is 0. The first kappa shape index (κ1) is 29.8. The second kappa shape index (κ2) is 11.4. The van der Waals surface area contributed by atoms with E-state index in [4.69, 9.17) is 4.42 Å². The topological polar surface area (TPSA) is 13.1 Å². The van der Waals surface area contributed by atoms with Gasteiger partial charge >= 0.3 is 0 Å². The molecule has 0 spiro atoms. The summed E-state index contributed by atoms with van der Waals surface area (Å²) in [7, 11) is 0. The fraction of sp³-hybridized carbons (Fsp3) is 0. The Balaban J connectivity index is 1.01. The van der Waals surface area contributed by atoms with Crippen molar-refractivity contribution in [3.63, 3.8) is 0 Å². The zero-order valence-corrected chi connectivity index (χ0v) is 30.0. The molecule has 2 heteroatoms. The zero-order valence-electron chi connectivity index (χ0n) is 29.1. The van der Waals surface area contributed by atoms with E-state index in [1.807, 2.05) is 11.3 Å². The molecule has 0 aliphatic heterocycles. The van der Waals surface area contributed by atoms with Crippen molar-refractivity contribution in [2.45, 2.75) is 0 Å². The minimum absolute atomic E-state index is 0.913. The first-order valence-electron chi connectivity index (χ1n) is 18.5. The maximum absolute atomic E-state index is 6.65. The Morgan fingerprint density at radius 1 is 0.296 bits per heavy atom. The molecule has 0 amide bonds. The van der Waals surface area contributed by atoms with Gasteiger partial charge in [-0.05, 0) is 113 Å². The molecule has 0 aliphatic carbocycles. The number of furan rings is 1. The quantitative estimate of drug-likeness (QED) is 0.167. The lowest BCUT2D eigenvalue weighted by Gasteiger charge is -2.18. The smallest absolute Gasteiger partial charge is 0.136 e. The number of rotatable bonds is 3. The van der Waals surface area contributed by atoms with E-state index in [0.717, 1.165) is 27.5 Å². The van der Waals surface area contributed by atoms with Crippen molar-refractivity contribution in [2.24, 2.45) is 0 Å². The number of thiophene rings is 1. The molecule has 0 aliphatic rings. The van der Waals surface area contributed by atoms with E-state index in [0.29, 0.717) is 0 Å². The number of benzene rings is 10. The van der Waals surface area contributed by atoms with Crippen LogP contribution in [0.1, 0.15) is 0 Å². The first-order chi connectivity index (χ1) is 26.7. The van der Waals surface area contributed by atoms with Gasteiger partial charge in [-0.15, -0.1) is 11.3 Å². The van der Waals surface area contributed by atoms with Gasteiger partial charge in [0, 0.05) is 30.9 Å². The van der Waals surface area contributed by atoms with Gasteiger partial charge in [-0.25, -0.2) is 0 Å². The van der Waals surface area contributed by atoms with Crippen LogP contribution in [-0.4, -0.2) is 0 Å². The predicted octanol–water partition coefficient (Wildman–Crippen LogP) is 15.6. The molecule has 0 saturated carbocycles. The molecule has 10 aromatic carbocycles. The molecule has 1 nitrogen and oxygen atoms in total. The van der Waals surface area contributed by atoms with Gasteiger partial charge in [0.1, 0.15) is 11.2 Å². The van der Waals surface area contributed by atoms with Crippen LogP contribution in [0.15, 0.2) is 186 Å². The summed E-state index contributed by atoms with van der Waals surface area (Å²) in [6.45, 7) is 0. The molecule has 0 unspecified atom stereocenters. The second-order valence-electron chi connectivity index (χ2n) is 14.4. The van der Waals surface area contributed by atoms with Crippen LogP contribution in [0, 0.1) is 0 Å². The fourth-order valence-electron chi connectivity index (χ4n) is 8.90. The third-order valence-corrected chi connectivity index (χ3v) is 12.6. The van der Waals surface area contributed by atoms with Gasteiger partial charge in [0.2, 0.25) is 0 Å². The standard InChI is InChI=1S/C52H30OS/c1-2-12-33-26-37(21-20-31(33)10-1)51-42-18-7-5-16-40(42)50(41-17-6-8-19-43(41)51)36-14-9-13-34(27-36)35-23-24-39-45-30-49-46(29-48(45)53-47(39)28-35)44-25-22-32-11-3-4-15-38(32)52(44)54-49/h1-30H. The van der Waals surface area contributed by atoms with Gasteiger partial charge in [-0.3, -0.25) is 0 Å². The summed E-state index contributed by atoms with van der Waals surface area (Å²) in [4.78, 5) is 0. The third kappa shape index (κ3) is 4.38. The molecule has 2 heterocycles. The van der Waals surface area contributed by atoms with Crippen molar-refractivity contribution in [2.75, 3.05) is 0 Å². The molecule has 0 radical (unpaired) electrons. The number of hydrogen-bond acceptors (Lipinski definition) is 2. The van der Waals surface area contributed by atoms with Crippen LogP contribution >= 0.6 is 11.3 Å². The Hall–Kier alpha value is -6.74. The van der Waals surface area contributed by atoms with E-state index in [-0.39, 0.29) is 0 Å². The van der Waals surface area contributed by atoms with Gasteiger partial charge < -0.3 is 4.42 Å². The molecule has 0 fully saturated rings. The lowest BCUT2D eigenvalue weighted by Crippen LogP contribution is -1.91. The monoisotopic (exact) mass is 702 g/mol. The largest absolute Gasteiger partial charge is 0.456 e. The third-order valence-electron chi connectivity index (χ3n) is 11.4. The van der Waals surface area contributed by atoms with Crippen molar-refractivity contribution >= 4 is 96.5 Å². The second-order valence-corrected chi connectivity index (χ2v) is 15.5. The molecule has 0 bridgehead atoms. The summed E-state index contributed by atoms with van der Waals surface area (Å²) in [5.74, 6) is 0. The number of fused-ring (bicyclic) bond motifs is 11. The van der Waals surface area contributed by atoms with Crippen molar-refractivity contribution in [3.05, 3.63) is 182 Å². The molecule has 250 valence electrons. The van der Waals surface area contributed by atoms with E-state index in [1.54, 1.807) is 0 Å². The summed E-state index contributed by atoms with van der Waals surface area (Å²) < 4.78 is 9.28. The average Bonchev–Trinajstić information content (AvgIpc) is 3.78. The normalized spacial score (nSPS) is 12.1. The highest BCUT2D eigenvalue weighted by atomic mass is 32.1. The molecule has 0 N–H and O–H groups in total. The lowest BCUT2D eigenvalue weighted by molar-refractivity contribution is 0.669. The maximum atomic E-state index is 6.65. The summed E-state index contributed by atoms with van der Waals surface area (Å²) in [5.41, 5.74) is 9.14. The van der Waals surface area contributed by atoms with E-state index in [9.17, 15) is 0 Å². The van der Waals surface area contributed by atoms with Gasteiger partial charge in [0.25, 0.3) is 0 Å². The molecule has 0 atom stereocenters.